The van der Waals surface area contributed by atoms with Gasteiger partial charge in [-0.15, -0.1) is 0 Å². The van der Waals surface area contributed by atoms with Gasteiger partial charge in [0.25, 0.3) is 0 Å². The molecule has 0 spiro atoms. The molecule has 2 N–H and O–H groups in total. The van der Waals surface area contributed by atoms with Gasteiger partial charge in [-0.25, -0.2) is 9.18 Å². The van der Waals surface area contributed by atoms with Gasteiger partial charge in [0.15, 0.2) is 0 Å². The molecule has 3 aromatic rings. The summed E-state index contributed by atoms with van der Waals surface area (Å²) in [6.07, 6.45) is 1.81. The second-order valence-electron chi connectivity index (χ2n) is 4.60. The molecule has 0 aliphatic rings. The van der Waals surface area contributed by atoms with Crippen molar-refractivity contribution in [3.63, 3.8) is 0 Å². The smallest absolute Gasteiger partial charge is 0.339 e. The number of hydrogen-bond acceptors (Lipinski definition) is 2. The van der Waals surface area contributed by atoms with Crippen LogP contribution in [0.4, 0.5) is 4.39 Å². The highest BCUT2D eigenvalue weighted by Crippen LogP contribution is 2.29. The zero-order chi connectivity index (χ0) is 14.8. The number of alkyl halides is 1. The van der Waals surface area contributed by atoms with E-state index in [1.165, 1.54) is 18.2 Å². The van der Waals surface area contributed by atoms with Gasteiger partial charge in [0.1, 0.15) is 23.7 Å². The van der Waals surface area contributed by atoms with Crippen molar-refractivity contribution in [1.29, 1.82) is 0 Å². The van der Waals surface area contributed by atoms with E-state index in [4.69, 9.17) is 9.84 Å². The first-order valence-corrected chi connectivity index (χ1v) is 6.34. The molecule has 0 unspecified atom stereocenters. The van der Waals surface area contributed by atoms with E-state index in [0.29, 0.717) is 11.3 Å². The lowest BCUT2D eigenvalue weighted by Gasteiger charge is -2.10. The Bertz CT molecular complexity index is 810. The Hall–Kier alpha value is -2.82. The molecule has 0 amide bonds. The molecule has 1 heterocycles. The number of carbonyl (C=O) groups is 1. The van der Waals surface area contributed by atoms with Gasteiger partial charge < -0.3 is 14.8 Å². The third kappa shape index (κ3) is 2.58. The van der Waals surface area contributed by atoms with Gasteiger partial charge in [-0.1, -0.05) is 6.07 Å². The number of carboxylic acid groups (broad SMARTS) is 1. The number of H-pyrrole nitrogens is 1. The maximum Gasteiger partial charge on any atom is 0.339 e. The Kier molecular flexibility index (Phi) is 3.31. The summed E-state index contributed by atoms with van der Waals surface area (Å²) in [5.74, 6) is -0.480. The van der Waals surface area contributed by atoms with Crippen LogP contribution in [0.1, 0.15) is 15.9 Å². The summed E-state index contributed by atoms with van der Waals surface area (Å²) in [6.45, 7) is -0.674. The minimum atomic E-state index is -1.11. The molecule has 21 heavy (non-hydrogen) atoms. The zero-order valence-electron chi connectivity index (χ0n) is 11.0. The minimum Gasteiger partial charge on any atom is -0.478 e. The van der Waals surface area contributed by atoms with Gasteiger partial charge in [-0.3, -0.25) is 0 Å². The summed E-state index contributed by atoms with van der Waals surface area (Å²) in [6, 6.07) is 11.4. The van der Waals surface area contributed by atoms with Gasteiger partial charge >= 0.3 is 5.97 Å². The molecule has 0 aliphatic heterocycles. The number of rotatable bonds is 4. The Morgan fingerprint density at radius 3 is 2.81 bits per heavy atom. The minimum absolute atomic E-state index is 0.00126. The van der Waals surface area contributed by atoms with Crippen LogP contribution in [0.2, 0.25) is 0 Å². The molecule has 2 aromatic carbocycles. The van der Waals surface area contributed by atoms with Crippen LogP contribution in [-0.2, 0) is 6.67 Å². The van der Waals surface area contributed by atoms with Crippen molar-refractivity contribution in [1.82, 2.24) is 4.98 Å². The Morgan fingerprint density at radius 2 is 2.05 bits per heavy atom. The Morgan fingerprint density at radius 1 is 1.19 bits per heavy atom. The number of aromatic carboxylic acids is 1. The van der Waals surface area contributed by atoms with Crippen molar-refractivity contribution in [2.24, 2.45) is 0 Å². The lowest BCUT2D eigenvalue weighted by molar-refractivity contribution is 0.0694. The number of nitrogens with one attached hydrogen (secondary N) is 1. The fourth-order valence-corrected chi connectivity index (χ4v) is 2.13. The Balaban J connectivity index is 2.00. The molecule has 0 radical (unpaired) electrons. The van der Waals surface area contributed by atoms with Crippen LogP contribution >= 0.6 is 0 Å². The summed E-state index contributed by atoms with van der Waals surface area (Å²) in [4.78, 5) is 14.3. The normalized spacial score (nSPS) is 10.7. The van der Waals surface area contributed by atoms with Gasteiger partial charge in [0.2, 0.25) is 0 Å². The van der Waals surface area contributed by atoms with Gasteiger partial charge in [0.05, 0.1) is 0 Å². The second kappa shape index (κ2) is 5.28. The van der Waals surface area contributed by atoms with E-state index in [1.807, 2.05) is 12.1 Å². The topological polar surface area (TPSA) is 62.3 Å². The number of halogens is 1. The molecule has 0 aliphatic carbocycles. The van der Waals surface area contributed by atoms with Crippen molar-refractivity contribution >= 4 is 16.9 Å². The molecule has 5 heteroatoms. The molecule has 0 fully saturated rings. The Labute approximate surface area is 119 Å². The second-order valence-corrected chi connectivity index (χ2v) is 4.60. The highest BCUT2D eigenvalue weighted by molar-refractivity contribution is 5.91. The summed E-state index contributed by atoms with van der Waals surface area (Å²) in [5, 5.41) is 10.1. The lowest BCUT2D eigenvalue weighted by atomic mass is 10.1. The largest absolute Gasteiger partial charge is 0.478 e. The van der Waals surface area contributed by atoms with E-state index in [2.05, 4.69) is 4.98 Å². The quantitative estimate of drug-likeness (QED) is 0.757. The average Bonchev–Trinajstić information content (AvgIpc) is 2.94. The summed E-state index contributed by atoms with van der Waals surface area (Å²) in [5.41, 5.74) is 1.33. The van der Waals surface area contributed by atoms with Crippen LogP contribution in [0.25, 0.3) is 10.9 Å². The van der Waals surface area contributed by atoms with Crippen LogP contribution < -0.4 is 4.74 Å². The number of hydrogen-bond donors (Lipinski definition) is 2. The predicted molar refractivity (Wildman–Crippen MR) is 76.6 cm³/mol. The fraction of sp³-hybridized carbons (Fsp3) is 0.0625. The molecule has 106 valence electrons. The van der Waals surface area contributed by atoms with Crippen LogP contribution in [0.5, 0.6) is 11.5 Å². The molecule has 0 saturated carbocycles. The molecule has 0 saturated heterocycles. The number of carboxylic acids is 1. The highest BCUT2D eigenvalue weighted by Gasteiger charge is 2.13. The van der Waals surface area contributed by atoms with E-state index >= 15 is 0 Å². The molecular weight excluding hydrogens is 273 g/mol. The van der Waals surface area contributed by atoms with E-state index in [1.54, 1.807) is 18.3 Å². The first-order valence-electron chi connectivity index (χ1n) is 6.34. The lowest BCUT2D eigenvalue weighted by Crippen LogP contribution is -2.00. The maximum absolute atomic E-state index is 12.7. The third-order valence-electron chi connectivity index (χ3n) is 3.18. The molecule has 0 atom stereocenters. The average molecular weight is 285 g/mol. The summed E-state index contributed by atoms with van der Waals surface area (Å²) in [7, 11) is 0. The summed E-state index contributed by atoms with van der Waals surface area (Å²) < 4.78 is 18.4. The zero-order valence-corrected chi connectivity index (χ0v) is 11.0. The predicted octanol–water partition coefficient (Wildman–Crippen LogP) is 4.13. The van der Waals surface area contributed by atoms with Crippen LogP contribution in [0.3, 0.4) is 0 Å². The molecule has 4 nitrogen and oxygen atoms in total. The maximum atomic E-state index is 12.7. The molecule has 1 aromatic heterocycles. The van der Waals surface area contributed by atoms with Crippen molar-refractivity contribution in [2.75, 3.05) is 0 Å². The van der Waals surface area contributed by atoms with Crippen molar-refractivity contribution in [2.45, 2.75) is 6.67 Å². The fourth-order valence-electron chi connectivity index (χ4n) is 2.13. The van der Waals surface area contributed by atoms with E-state index < -0.39 is 12.6 Å². The molecular formula is C16H12FNO3. The third-order valence-corrected chi connectivity index (χ3v) is 3.18. The van der Waals surface area contributed by atoms with Gasteiger partial charge in [-0.05, 0) is 42.0 Å². The van der Waals surface area contributed by atoms with E-state index in [0.717, 1.165) is 10.9 Å². The number of benzene rings is 2. The van der Waals surface area contributed by atoms with Crippen molar-refractivity contribution in [3.8, 4) is 11.5 Å². The van der Waals surface area contributed by atoms with Crippen LogP contribution in [0.15, 0.2) is 48.7 Å². The highest BCUT2D eigenvalue weighted by atomic mass is 19.1. The SMILES string of the molecule is O=C(O)c1ccc(CF)cc1Oc1ccc2[nH]ccc2c1. The molecule has 0 bridgehead atoms. The van der Waals surface area contributed by atoms with E-state index in [9.17, 15) is 9.18 Å². The van der Waals surface area contributed by atoms with Crippen molar-refractivity contribution < 1.29 is 19.0 Å². The summed E-state index contributed by atoms with van der Waals surface area (Å²) >= 11 is 0. The van der Waals surface area contributed by atoms with E-state index in [-0.39, 0.29) is 11.3 Å². The number of aromatic amines is 1. The first kappa shape index (κ1) is 13.2. The van der Waals surface area contributed by atoms with Crippen LogP contribution in [-0.4, -0.2) is 16.1 Å². The van der Waals surface area contributed by atoms with Crippen molar-refractivity contribution in [3.05, 3.63) is 59.8 Å². The monoisotopic (exact) mass is 285 g/mol. The standard InChI is InChI=1S/C16H12FNO3/c17-9-10-1-3-13(16(19)20)15(7-10)21-12-2-4-14-11(8-12)5-6-18-14/h1-8,18H,9H2,(H,19,20). The van der Waals surface area contributed by atoms with Gasteiger partial charge in [0, 0.05) is 17.1 Å². The number of aromatic nitrogens is 1. The number of ether oxygens (including phenoxy) is 1. The number of fused-ring (bicyclic) bond motifs is 1. The van der Waals surface area contributed by atoms with Crippen LogP contribution in [0, 0.1) is 0 Å². The molecule has 3 rings (SSSR count). The first-order chi connectivity index (χ1) is 10.2. The van der Waals surface area contributed by atoms with Gasteiger partial charge in [-0.2, -0.15) is 0 Å².